The largest absolute Gasteiger partial charge is 0.370 e. The molecule has 4 rings (SSSR count). The van der Waals surface area contributed by atoms with E-state index in [4.69, 9.17) is 11.5 Å². The molecule has 0 aliphatic rings. The second-order valence-corrected chi connectivity index (χ2v) is 6.64. The lowest BCUT2D eigenvalue weighted by atomic mass is 10.0. The summed E-state index contributed by atoms with van der Waals surface area (Å²) in [5, 5.41) is 3.01. The summed E-state index contributed by atoms with van der Waals surface area (Å²) in [4.78, 5) is 29.4. The number of rotatable bonds is 2. The van der Waals surface area contributed by atoms with Gasteiger partial charge in [-0.15, -0.1) is 12.4 Å². The Morgan fingerprint density at radius 1 is 0.931 bits per heavy atom. The number of nitrogens with zero attached hydrogens (tertiary/aromatic N) is 2. The molecule has 4 N–H and O–H groups in total. The van der Waals surface area contributed by atoms with Crippen molar-refractivity contribution in [2.45, 2.75) is 6.92 Å². The number of guanidine groups is 1. The number of fused-ring (bicyclic) bond motifs is 2. The maximum Gasteiger partial charge on any atom is 0.282 e. The first-order valence-corrected chi connectivity index (χ1v) is 8.73. The Morgan fingerprint density at radius 2 is 1.66 bits per heavy atom. The van der Waals surface area contributed by atoms with Crippen molar-refractivity contribution < 1.29 is 4.79 Å². The van der Waals surface area contributed by atoms with Gasteiger partial charge in [-0.2, -0.15) is 4.99 Å². The first-order chi connectivity index (χ1) is 13.4. The van der Waals surface area contributed by atoms with Crippen LogP contribution in [-0.4, -0.2) is 16.4 Å². The average molecular weight is 407 g/mol. The number of aromatic nitrogens is 1. The molecular weight excluding hydrogens is 388 g/mol. The van der Waals surface area contributed by atoms with Crippen molar-refractivity contribution in [1.29, 1.82) is 0 Å². The SMILES string of the molecule is Cc1ccc2c(=O)n(-c3ccc4ccccc4c3)cc(C(=O)N=C(N)N)c2c1.Cl. The molecule has 0 atom stereocenters. The van der Waals surface area contributed by atoms with E-state index in [2.05, 4.69) is 4.99 Å². The van der Waals surface area contributed by atoms with Crippen molar-refractivity contribution in [3.63, 3.8) is 0 Å². The van der Waals surface area contributed by atoms with Crippen LogP contribution in [0.1, 0.15) is 15.9 Å². The summed E-state index contributed by atoms with van der Waals surface area (Å²) < 4.78 is 1.46. The fourth-order valence-electron chi connectivity index (χ4n) is 3.32. The van der Waals surface area contributed by atoms with E-state index in [1.165, 1.54) is 10.8 Å². The predicted octanol–water partition coefficient (Wildman–Crippen LogP) is 3.29. The highest BCUT2D eigenvalue weighted by atomic mass is 35.5. The molecule has 0 aliphatic carbocycles. The smallest absolute Gasteiger partial charge is 0.282 e. The number of nitrogens with two attached hydrogens (primary N) is 2. The molecule has 146 valence electrons. The number of carbonyl (C=O) groups is 1. The van der Waals surface area contributed by atoms with Crippen molar-refractivity contribution in [3.05, 3.63) is 88.3 Å². The molecule has 1 amide bonds. The molecule has 1 aromatic heterocycles. The lowest BCUT2D eigenvalue weighted by molar-refractivity contribution is 0.100. The molecule has 0 saturated carbocycles. The van der Waals surface area contributed by atoms with Crippen molar-refractivity contribution in [1.82, 2.24) is 4.57 Å². The number of aliphatic imine (C=N–C) groups is 1. The van der Waals surface area contributed by atoms with Gasteiger partial charge in [0.15, 0.2) is 5.96 Å². The Kier molecular flexibility index (Phi) is 5.39. The Labute approximate surface area is 172 Å². The number of hydrogen-bond donors (Lipinski definition) is 2. The summed E-state index contributed by atoms with van der Waals surface area (Å²) in [7, 11) is 0. The number of hydrogen-bond acceptors (Lipinski definition) is 2. The van der Waals surface area contributed by atoms with E-state index in [9.17, 15) is 9.59 Å². The molecule has 0 bridgehead atoms. The predicted molar refractivity (Wildman–Crippen MR) is 119 cm³/mol. The molecule has 6 nitrogen and oxygen atoms in total. The van der Waals surface area contributed by atoms with Gasteiger partial charge in [0, 0.05) is 22.7 Å². The third-order valence-corrected chi connectivity index (χ3v) is 4.64. The molecule has 4 aromatic rings. The summed E-state index contributed by atoms with van der Waals surface area (Å²) >= 11 is 0. The highest BCUT2D eigenvalue weighted by Crippen LogP contribution is 2.22. The molecule has 0 spiro atoms. The van der Waals surface area contributed by atoms with Gasteiger partial charge < -0.3 is 11.5 Å². The van der Waals surface area contributed by atoms with Crippen LogP contribution in [0.25, 0.3) is 27.2 Å². The van der Waals surface area contributed by atoms with E-state index in [1.807, 2.05) is 55.5 Å². The molecule has 0 saturated heterocycles. The van der Waals surface area contributed by atoms with Gasteiger partial charge in [-0.1, -0.05) is 48.0 Å². The summed E-state index contributed by atoms with van der Waals surface area (Å²) in [5.41, 5.74) is 12.4. The van der Waals surface area contributed by atoms with Crippen LogP contribution in [0.4, 0.5) is 0 Å². The Morgan fingerprint density at radius 3 is 2.38 bits per heavy atom. The molecule has 1 heterocycles. The van der Waals surface area contributed by atoms with Crippen LogP contribution in [0.2, 0.25) is 0 Å². The number of aryl methyl sites for hydroxylation is 1. The summed E-state index contributed by atoms with van der Waals surface area (Å²) in [6, 6.07) is 18.9. The van der Waals surface area contributed by atoms with E-state index in [0.29, 0.717) is 16.5 Å². The second kappa shape index (κ2) is 7.77. The van der Waals surface area contributed by atoms with Gasteiger partial charge in [0.1, 0.15) is 0 Å². The average Bonchev–Trinajstić information content (AvgIpc) is 2.67. The number of pyridine rings is 1. The van der Waals surface area contributed by atoms with Crippen molar-refractivity contribution in [2.75, 3.05) is 0 Å². The van der Waals surface area contributed by atoms with Crippen LogP contribution < -0.4 is 17.0 Å². The topological polar surface area (TPSA) is 103 Å². The van der Waals surface area contributed by atoms with Crippen LogP contribution in [0.5, 0.6) is 0 Å². The van der Waals surface area contributed by atoms with Gasteiger partial charge in [-0.05, 0) is 35.9 Å². The maximum atomic E-state index is 13.1. The Balaban J connectivity index is 0.00000240. The normalized spacial score (nSPS) is 10.5. The molecular formula is C22H19ClN4O2. The minimum absolute atomic E-state index is 0. The maximum absolute atomic E-state index is 13.1. The van der Waals surface area contributed by atoms with Gasteiger partial charge >= 0.3 is 0 Å². The molecule has 7 heteroatoms. The van der Waals surface area contributed by atoms with E-state index in [-0.39, 0.29) is 29.5 Å². The number of carbonyl (C=O) groups excluding carboxylic acids is 1. The third-order valence-electron chi connectivity index (χ3n) is 4.64. The minimum atomic E-state index is -0.592. The van der Waals surface area contributed by atoms with E-state index in [1.54, 1.807) is 12.1 Å². The van der Waals surface area contributed by atoms with Gasteiger partial charge in [-0.25, -0.2) is 0 Å². The molecule has 0 radical (unpaired) electrons. The van der Waals surface area contributed by atoms with Crippen molar-refractivity contribution in [3.8, 4) is 5.69 Å². The zero-order valence-electron chi connectivity index (χ0n) is 15.6. The van der Waals surface area contributed by atoms with Crippen LogP contribution >= 0.6 is 12.4 Å². The summed E-state index contributed by atoms with van der Waals surface area (Å²) in [6.07, 6.45) is 1.50. The lowest BCUT2D eigenvalue weighted by Gasteiger charge is -2.12. The third kappa shape index (κ3) is 3.70. The number of benzene rings is 3. The standard InChI is InChI=1S/C22H18N4O2.ClH/c1-13-6-9-17-18(10-13)19(20(27)25-22(23)24)12-26(21(17)28)16-8-7-14-4-2-3-5-15(14)11-16;/h2-12H,1H3,(H4,23,24,25,27);1H. The van der Waals surface area contributed by atoms with E-state index < -0.39 is 5.91 Å². The quantitative estimate of drug-likeness (QED) is 0.393. The molecule has 0 fully saturated rings. The van der Waals surface area contributed by atoms with Gasteiger partial charge in [0.25, 0.3) is 11.5 Å². The van der Waals surface area contributed by atoms with Crippen LogP contribution in [0, 0.1) is 6.92 Å². The second-order valence-electron chi connectivity index (χ2n) is 6.64. The molecule has 29 heavy (non-hydrogen) atoms. The van der Waals surface area contributed by atoms with E-state index >= 15 is 0 Å². The summed E-state index contributed by atoms with van der Waals surface area (Å²) in [5.74, 6) is -0.917. The number of halogens is 1. The van der Waals surface area contributed by atoms with Crippen LogP contribution in [-0.2, 0) is 0 Å². The highest BCUT2D eigenvalue weighted by molar-refractivity contribution is 6.10. The Bertz CT molecular complexity index is 1340. The first kappa shape index (κ1) is 20.1. The summed E-state index contributed by atoms with van der Waals surface area (Å²) in [6.45, 7) is 1.89. The fourth-order valence-corrected chi connectivity index (χ4v) is 3.32. The zero-order valence-corrected chi connectivity index (χ0v) is 16.4. The van der Waals surface area contributed by atoms with Gasteiger partial charge in [-0.3, -0.25) is 14.2 Å². The minimum Gasteiger partial charge on any atom is -0.370 e. The first-order valence-electron chi connectivity index (χ1n) is 8.73. The van der Waals surface area contributed by atoms with Crippen LogP contribution in [0.15, 0.2) is 76.6 Å². The van der Waals surface area contributed by atoms with Gasteiger partial charge in [0.2, 0.25) is 0 Å². The number of amides is 1. The highest BCUT2D eigenvalue weighted by Gasteiger charge is 2.16. The fraction of sp³-hybridized carbons (Fsp3) is 0.0455. The Hall–Kier alpha value is -3.64. The molecule has 0 unspecified atom stereocenters. The molecule has 0 aliphatic heterocycles. The van der Waals surface area contributed by atoms with Crippen molar-refractivity contribution >= 4 is 45.8 Å². The van der Waals surface area contributed by atoms with E-state index in [0.717, 1.165) is 16.3 Å². The lowest BCUT2D eigenvalue weighted by Crippen LogP contribution is -2.25. The molecule has 3 aromatic carbocycles. The van der Waals surface area contributed by atoms with Crippen molar-refractivity contribution in [2.24, 2.45) is 16.5 Å². The monoisotopic (exact) mass is 406 g/mol. The van der Waals surface area contributed by atoms with Crippen LogP contribution in [0.3, 0.4) is 0 Å². The van der Waals surface area contributed by atoms with Gasteiger partial charge in [0.05, 0.1) is 5.56 Å². The zero-order chi connectivity index (χ0) is 19.8.